The molecule has 2 aliphatic rings. The molecule has 2 saturated carbocycles. The van der Waals surface area contributed by atoms with Gasteiger partial charge in [0.25, 0.3) is 5.91 Å². The average Bonchev–Trinajstić information content (AvgIpc) is 3.34. The molecule has 2 N–H and O–H groups in total. The molecule has 0 aromatic carbocycles. The monoisotopic (exact) mass is 347 g/mol. The van der Waals surface area contributed by atoms with Gasteiger partial charge in [-0.2, -0.15) is 0 Å². The lowest BCUT2D eigenvalue weighted by Crippen LogP contribution is -2.56. The van der Waals surface area contributed by atoms with Gasteiger partial charge in [-0.15, -0.1) is 0 Å². The third kappa shape index (κ3) is 5.16. The maximum Gasteiger partial charge on any atom is 0.317 e. The topological polar surface area (TPSA) is 91.8 Å². The zero-order valence-electron chi connectivity index (χ0n) is 14.4. The highest BCUT2D eigenvalue weighted by molar-refractivity contribution is 5.81. The van der Waals surface area contributed by atoms with Crippen molar-refractivity contribution in [1.29, 1.82) is 0 Å². The van der Waals surface area contributed by atoms with Crippen LogP contribution in [0.5, 0.6) is 5.75 Å². The molecule has 7 heteroatoms. The molecule has 136 valence electrons. The predicted molar refractivity (Wildman–Crippen MR) is 91.2 cm³/mol. The third-order valence-corrected chi connectivity index (χ3v) is 4.82. The van der Waals surface area contributed by atoms with E-state index in [1.165, 1.54) is 12.8 Å². The fourth-order valence-electron chi connectivity index (χ4n) is 3.15. The first kappa shape index (κ1) is 17.7. The van der Waals surface area contributed by atoms with Crippen molar-refractivity contribution in [2.24, 2.45) is 5.92 Å². The molecule has 1 atom stereocenters. The van der Waals surface area contributed by atoms with Crippen LogP contribution in [0.1, 0.15) is 32.6 Å². The lowest BCUT2D eigenvalue weighted by Gasteiger charge is -2.43. The largest absolute Gasteiger partial charge is 0.480 e. The lowest BCUT2D eigenvalue weighted by atomic mass is 9.85. The van der Waals surface area contributed by atoms with E-state index in [9.17, 15) is 9.59 Å². The number of nitrogens with one attached hydrogen (secondary N) is 1. The molecule has 1 unspecified atom stereocenters. The molecule has 2 fully saturated rings. The van der Waals surface area contributed by atoms with Crippen molar-refractivity contribution in [3.05, 3.63) is 24.5 Å². The van der Waals surface area contributed by atoms with Gasteiger partial charge in [-0.3, -0.25) is 19.5 Å². The molecule has 25 heavy (non-hydrogen) atoms. The minimum atomic E-state index is -0.786. The van der Waals surface area contributed by atoms with Crippen LogP contribution in [-0.2, 0) is 9.59 Å². The summed E-state index contributed by atoms with van der Waals surface area (Å²) in [5.74, 6) is 0.278. The van der Waals surface area contributed by atoms with Gasteiger partial charge in [0, 0.05) is 24.8 Å². The normalized spacial score (nSPS) is 23.6. The zero-order valence-corrected chi connectivity index (χ0v) is 14.4. The van der Waals surface area contributed by atoms with Gasteiger partial charge < -0.3 is 15.2 Å². The second-order valence-corrected chi connectivity index (χ2v) is 7.05. The quantitative estimate of drug-likeness (QED) is 0.699. The van der Waals surface area contributed by atoms with Gasteiger partial charge in [-0.1, -0.05) is 0 Å². The van der Waals surface area contributed by atoms with Gasteiger partial charge in [-0.05, 0) is 50.7 Å². The maximum atomic E-state index is 12.2. The number of ether oxygens (including phenoxy) is 1. The molecule has 3 rings (SSSR count). The summed E-state index contributed by atoms with van der Waals surface area (Å²) in [6, 6.07) is 3.86. The van der Waals surface area contributed by atoms with Crippen molar-refractivity contribution in [1.82, 2.24) is 15.2 Å². The number of rotatable bonds is 9. The molecule has 0 radical (unpaired) electrons. The third-order valence-electron chi connectivity index (χ3n) is 4.82. The number of hydrogen-bond donors (Lipinski definition) is 2. The second-order valence-electron chi connectivity index (χ2n) is 7.05. The molecular weight excluding hydrogens is 322 g/mol. The average molecular weight is 347 g/mol. The van der Waals surface area contributed by atoms with Crippen LogP contribution < -0.4 is 10.1 Å². The summed E-state index contributed by atoms with van der Waals surface area (Å²) in [5.41, 5.74) is 0. The van der Waals surface area contributed by atoms with Crippen LogP contribution in [0.15, 0.2) is 24.5 Å². The Morgan fingerprint density at radius 2 is 2.20 bits per heavy atom. The number of carboxylic acids is 1. The molecule has 1 heterocycles. The van der Waals surface area contributed by atoms with E-state index in [0.29, 0.717) is 11.7 Å². The van der Waals surface area contributed by atoms with Crippen molar-refractivity contribution < 1.29 is 19.4 Å². The van der Waals surface area contributed by atoms with E-state index in [4.69, 9.17) is 9.84 Å². The number of aliphatic carboxylic acids is 1. The van der Waals surface area contributed by atoms with Gasteiger partial charge in [-0.25, -0.2) is 0 Å². The highest BCUT2D eigenvalue weighted by atomic mass is 16.5. The highest BCUT2D eigenvalue weighted by Gasteiger charge is 2.38. The first-order valence-electron chi connectivity index (χ1n) is 8.84. The van der Waals surface area contributed by atoms with E-state index >= 15 is 0 Å². The summed E-state index contributed by atoms with van der Waals surface area (Å²) in [7, 11) is 0. The molecule has 0 spiro atoms. The molecule has 0 saturated heterocycles. The predicted octanol–water partition coefficient (Wildman–Crippen LogP) is 1.29. The van der Waals surface area contributed by atoms with Crippen LogP contribution in [0.4, 0.5) is 0 Å². The van der Waals surface area contributed by atoms with Crippen molar-refractivity contribution in [3.8, 4) is 5.75 Å². The van der Waals surface area contributed by atoms with E-state index in [1.54, 1.807) is 31.5 Å². The fraction of sp³-hybridized carbons (Fsp3) is 0.611. The standard InChI is InChI=1S/C18H25N3O4/c1-12(25-16-3-2-6-19-9-16)18(24)20-14-7-15(8-14)21(11-17(22)23)10-13-4-5-13/h2-3,6,9,12-15H,4-5,7-8,10-11H2,1H3,(H,20,24)(H,22,23). The zero-order chi connectivity index (χ0) is 17.8. The first-order valence-corrected chi connectivity index (χ1v) is 8.84. The Labute approximate surface area is 147 Å². The molecule has 7 nitrogen and oxygen atoms in total. The van der Waals surface area contributed by atoms with Gasteiger partial charge in [0.2, 0.25) is 0 Å². The van der Waals surface area contributed by atoms with Gasteiger partial charge in [0.05, 0.1) is 12.7 Å². The van der Waals surface area contributed by atoms with Gasteiger partial charge >= 0.3 is 5.97 Å². The number of carboxylic acid groups (broad SMARTS) is 1. The minimum Gasteiger partial charge on any atom is -0.480 e. The molecule has 1 amide bonds. The van der Waals surface area contributed by atoms with E-state index in [1.807, 2.05) is 0 Å². The number of hydrogen-bond acceptors (Lipinski definition) is 5. The Morgan fingerprint density at radius 1 is 1.44 bits per heavy atom. The molecule has 0 aliphatic heterocycles. The number of aromatic nitrogens is 1. The number of pyridine rings is 1. The summed E-state index contributed by atoms with van der Waals surface area (Å²) in [4.78, 5) is 29.3. The van der Waals surface area contributed by atoms with Crippen molar-refractivity contribution in [2.45, 2.75) is 50.8 Å². The van der Waals surface area contributed by atoms with Crippen LogP contribution in [-0.4, -0.2) is 58.1 Å². The van der Waals surface area contributed by atoms with Crippen LogP contribution >= 0.6 is 0 Å². The smallest absolute Gasteiger partial charge is 0.317 e. The number of nitrogens with zero attached hydrogens (tertiary/aromatic N) is 2. The maximum absolute atomic E-state index is 12.2. The molecular formula is C18H25N3O4. The summed E-state index contributed by atoms with van der Waals surface area (Å²) in [5, 5.41) is 12.1. The number of carbonyl (C=O) groups excluding carboxylic acids is 1. The van der Waals surface area contributed by atoms with Crippen LogP contribution in [0.2, 0.25) is 0 Å². The second kappa shape index (κ2) is 7.82. The molecule has 1 aromatic heterocycles. The molecule has 1 aromatic rings. The number of amides is 1. The summed E-state index contributed by atoms with van der Waals surface area (Å²) >= 11 is 0. The van der Waals surface area contributed by atoms with Crippen LogP contribution in [0.25, 0.3) is 0 Å². The van der Waals surface area contributed by atoms with Gasteiger partial charge in [0.1, 0.15) is 5.75 Å². The van der Waals surface area contributed by atoms with Crippen LogP contribution in [0, 0.1) is 5.92 Å². The molecule has 0 bridgehead atoms. The Balaban J connectivity index is 1.42. The SMILES string of the molecule is CC(Oc1cccnc1)C(=O)NC1CC(N(CC(=O)O)CC2CC2)C1. The summed E-state index contributed by atoms with van der Waals surface area (Å²) in [6.45, 7) is 2.66. The Hall–Kier alpha value is -2.15. The van der Waals surface area contributed by atoms with E-state index in [0.717, 1.165) is 19.4 Å². The fourth-order valence-corrected chi connectivity index (χ4v) is 3.15. The Morgan fingerprint density at radius 3 is 2.80 bits per heavy atom. The van der Waals surface area contributed by atoms with Gasteiger partial charge in [0.15, 0.2) is 6.10 Å². The van der Waals surface area contributed by atoms with E-state index in [-0.39, 0.29) is 24.5 Å². The first-order chi connectivity index (χ1) is 12.0. The minimum absolute atomic E-state index is 0.0857. The van der Waals surface area contributed by atoms with Crippen LogP contribution in [0.3, 0.4) is 0 Å². The molecule has 2 aliphatic carbocycles. The lowest BCUT2D eigenvalue weighted by molar-refractivity contribution is -0.140. The van der Waals surface area contributed by atoms with Crippen molar-refractivity contribution >= 4 is 11.9 Å². The van der Waals surface area contributed by atoms with Crippen molar-refractivity contribution in [2.75, 3.05) is 13.1 Å². The van der Waals surface area contributed by atoms with E-state index in [2.05, 4.69) is 15.2 Å². The highest BCUT2D eigenvalue weighted by Crippen LogP contribution is 2.33. The van der Waals surface area contributed by atoms with E-state index < -0.39 is 12.1 Å². The summed E-state index contributed by atoms with van der Waals surface area (Å²) in [6.07, 6.45) is 6.63. The Bertz CT molecular complexity index is 600. The summed E-state index contributed by atoms with van der Waals surface area (Å²) < 4.78 is 5.57. The Kier molecular flexibility index (Phi) is 5.53. The van der Waals surface area contributed by atoms with Crippen molar-refractivity contribution in [3.63, 3.8) is 0 Å². The number of carbonyl (C=O) groups is 2.